The zero-order chi connectivity index (χ0) is 21.5. The van der Waals surface area contributed by atoms with E-state index in [4.69, 9.17) is 21.4 Å². The summed E-state index contributed by atoms with van der Waals surface area (Å²) in [4.78, 5) is 27.5. The van der Waals surface area contributed by atoms with Gasteiger partial charge in [-0.2, -0.15) is 0 Å². The Bertz CT molecular complexity index is 1040. The fourth-order valence-corrected chi connectivity index (χ4v) is 3.49. The molecule has 11 heteroatoms. The number of methoxy groups -OCH3 is 1. The predicted octanol–water partition coefficient (Wildman–Crippen LogP) is 3.07. The van der Waals surface area contributed by atoms with Crippen molar-refractivity contribution in [2.75, 3.05) is 24.8 Å². The molecule has 0 spiro atoms. The molecule has 0 aliphatic carbocycles. The number of nitrogens with zero attached hydrogens (tertiary/aromatic N) is 4. The maximum atomic E-state index is 12.4. The molecule has 0 radical (unpaired) electrons. The van der Waals surface area contributed by atoms with Crippen molar-refractivity contribution >= 4 is 40.9 Å². The quantitative estimate of drug-likeness (QED) is 0.480. The highest BCUT2D eigenvalue weighted by Gasteiger charge is 2.16. The molecule has 30 heavy (non-hydrogen) atoms. The van der Waals surface area contributed by atoms with Crippen molar-refractivity contribution in [3.8, 4) is 11.4 Å². The second-order valence-corrected chi connectivity index (χ2v) is 7.37. The van der Waals surface area contributed by atoms with Crippen LogP contribution in [-0.4, -0.2) is 56.2 Å². The predicted molar refractivity (Wildman–Crippen MR) is 113 cm³/mol. The number of carbonyl (C=O) groups excluding carboxylic acids is 1. The number of aromatic carboxylic acids is 1. The molecule has 3 aromatic rings. The van der Waals surface area contributed by atoms with E-state index in [1.165, 1.54) is 30.0 Å². The summed E-state index contributed by atoms with van der Waals surface area (Å²) in [7, 11) is 1.60. The van der Waals surface area contributed by atoms with Gasteiger partial charge in [0.1, 0.15) is 0 Å². The fraction of sp³-hybridized carbons (Fsp3) is 0.211. The van der Waals surface area contributed by atoms with Gasteiger partial charge in [-0.1, -0.05) is 23.4 Å². The lowest BCUT2D eigenvalue weighted by molar-refractivity contribution is -0.113. The van der Waals surface area contributed by atoms with Crippen LogP contribution in [0.25, 0.3) is 11.4 Å². The number of amides is 1. The average Bonchev–Trinajstić information content (AvgIpc) is 3.15. The third-order valence-electron chi connectivity index (χ3n) is 3.99. The number of benzene rings is 1. The first-order valence-corrected chi connectivity index (χ1v) is 10.1. The Morgan fingerprint density at radius 2 is 2.00 bits per heavy atom. The third-order valence-corrected chi connectivity index (χ3v) is 5.29. The first kappa shape index (κ1) is 21.8. The fourth-order valence-electron chi connectivity index (χ4n) is 2.56. The van der Waals surface area contributed by atoms with E-state index in [1.54, 1.807) is 19.5 Å². The molecule has 3 rings (SSSR count). The van der Waals surface area contributed by atoms with Crippen molar-refractivity contribution in [1.29, 1.82) is 0 Å². The summed E-state index contributed by atoms with van der Waals surface area (Å²) in [5.41, 5.74) is 1.12. The summed E-state index contributed by atoms with van der Waals surface area (Å²) >= 11 is 7.26. The Morgan fingerprint density at radius 3 is 2.70 bits per heavy atom. The Hall–Kier alpha value is -2.95. The largest absolute Gasteiger partial charge is 0.478 e. The van der Waals surface area contributed by atoms with Crippen LogP contribution in [0.5, 0.6) is 0 Å². The number of ether oxygens (including phenoxy) is 1. The van der Waals surface area contributed by atoms with Gasteiger partial charge >= 0.3 is 5.97 Å². The number of carboxylic acids is 1. The maximum absolute atomic E-state index is 12.4. The van der Waals surface area contributed by atoms with E-state index in [0.29, 0.717) is 24.1 Å². The molecule has 0 aliphatic heterocycles. The van der Waals surface area contributed by atoms with Crippen LogP contribution in [0.15, 0.2) is 47.9 Å². The lowest BCUT2D eigenvalue weighted by Crippen LogP contribution is -2.16. The monoisotopic (exact) mass is 447 g/mol. The second-order valence-electron chi connectivity index (χ2n) is 6.02. The number of anilines is 1. The molecule has 1 amide bonds. The average molecular weight is 448 g/mol. The van der Waals surface area contributed by atoms with Crippen LogP contribution in [0, 0.1) is 0 Å². The lowest BCUT2D eigenvalue weighted by atomic mass is 10.2. The highest BCUT2D eigenvalue weighted by atomic mass is 35.5. The summed E-state index contributed by atoms with van der Waals surface area (Å²) < 4.78 is 7.04. The van der Waals surface area contributed by atoms with Crippen LogP contribution in [0.4, 0.5) is 5.69 Å². The number of nitrogens with one attached hydrogen (secondary N) is 1. The van der Waals surface area contributed by atoms with Gasteiger partial charge in [-0.15, -0.1) is 10.2 Å². The third kappa shape index (κ3) is 5.35. The SMILES string of the molecule is COCCn1c(SCC(=O)Nc2cc(C(=O)O)ccc2Cl)nnc1-c1ccncc1. The number of carboxylic acid groups (broad SMARTS) is 1. The highest BCUT2D eigenvalue weighted by molar-refractivity contribution is 7.99. The van der Waals surface area contributed by atoms with Crippen LogP contribution < -0.4 is 5.32 Å². The molecule has 1 aromatic carbocycles. The van der Waals surface area contributed by atoms with E-state index in [1.807, 2.05) is 16.7 Å². The van der Waals surface area contributed by atoms with Gasteiger partial charge in [0, 0.05) is 25.1 Å². The number of hydrogen-bond acceptors (Lipinski definition) is 7. The number of carbonyl (C=O) groups is 2. The van der Waals surface area contributed by atoms with E-state index in [9.17, 15) is 9.59 Å². The Labute approximate surface area is 181 Å². The van der Waals surface area contributed by atoms with Crippen LogP contribution >= 0.6 is 23.4 Å². The Morgan fingerprint density at radius 1 is 1.23 bits per heavy atom. The van der Waals surface area contributed by atoms with Gasteiger partial charge in [-0.3, -0.25) is 14.3 Å². The van der Waals surface area contributed by atoms with Crippen molar-refractivity contribution in [2.24, 2.45) is 0 Å². The van der Waals surface area contributed by atoms with Crippen molar-refractivity contribution in [1.82, 2.24) is 19.7 Å². The van der Waals surface area contributed by atoms with E-state index >= 15 is 0 Å². The van der Waals surface area contributed by atoms with Gasteiger partial charge < -0.3 is 15.2 Å². The van der Waals surface area contributed by atoms with Gasteiger partial charge in [0.15, 0.2) is 11.0 Å². The number of halogens is 1. The van der Waals surface area contributed by atoms with Gasteiger partial charge in [-0.05, 0) is 30.3 Å². The minimum absolute atomic E-state index is 0.0312. The first-order valence-electron chi connectivity index (χ1n) is 8.77. The molecule has 0 aliphatic rings. The highest BCUT2D eigenvalue weighted by Crippen LogP contribution is 2.26. The van der Waals surface area contributed by atoms with Crippen molar-refractivity contribution < 1.29 is 19.4 Å². The van der Waals surface area contributed by atoms with Crippen LogP contribution in [0.1, 0.15) is 10.4 Å². The smallest absolute Gasteiger partial charge is 0.335 e. The van der Waals surface area contributed by atoms with Crippen LogP contribution in [-0.2, 0) is 16.1 Å². The minimum atomic E-state index is -1.11. The molecule has 2 aromatic heterocycles. The number of aromatic nitrogens is 4. The van der Waals surface area contributed by atoms with Crippen molar-refractivity contribution in [3.63, 3.8) is 0 Å². The number of rotatable bonds is 9. The molecular formula is C19H18ClN5O4S. The van der Waals surface area contributed by atoms with Crippen LogP contribution in [0.3, 0.4) is 0 Å². The summed E-state index contributed by atoms with van der Waals surface area (Å²) in [6, 6.07) is 7.76. The molecule has 0 saturated heterocycles. The molecule has 2 heterocycles. The first-order chi connectivity index (χ1) is 14.5. The molecule has 0 bridgehead atoms. The Balaban J connectivity index is 1.72. The summed E-state index contributed by atoms with van der Waals surface area (Å²) in [5.74, 6) is -0.771. The van der Waals surface area contributed by atoms with E-state index in [2.05, 4.69) is 20.5 Å². The molecule has 2 N–H and O–H groups in total. The topological polar surface area (TPSA) is 119 Å². The number of hydrogen-bond donors (Lipinski definition) is 2. The molecule has 0 unspecified atom stereocenters. The molecule has 0 fully saturated rings. The molecule has 9 nitrogen and oxygen atoms in total. The summed E-state index contributed by atoms with van der Waals surface area (Å²) in [6.07, 6.45) is 3.33. The summed E-state index contributed by atoms with van der Waals surface area (Å²) in [5, 5.41) is 21.0. The zero-order valence-corrected chi connectivity index (χ0v) is 17.5. The standard InChI is InChI=1S/C19H18ClN5O4S/c1-29-9-8-25-17(12-4-6-21-7-5-12)23-24-19(25)30-11-16(26)22-15-10-13(18(27)28)2-3-14(15)20/h2-7,10H,8-9,11H2,1H3,(H,22,26)(H,27,28). The number of pyridine rings is 1. The van der Waals surface area contributed by atoms with Gasteiger partial charge in [-0.25, -0.2) is 4.79 Å². The molecule has 0 atom stereocenters. The number of thioether (sulfide) groups is 1. The van der Waals surface area contributed by atoms with E-state index in [0.717, 1.165) is 5.56 Å². The second kappa shape index (κ2) is 10.2. The van der Waals surface area contributed by atoms with Gasteiger partial charge in [0.05, 0.1) is 35.2 Å². The maximum Gasteiger partial charge on any atom is 0.335 e. The van der Waals surface area contributed by atoms with Crippen molar-refractivity contribution in [2.45, 2.75) is 11.7 Å². The van der Waals surface area contributed by atoms with Gasteiger partial charge in [0.2, 0.25) is 5.91 Å². The molecule has 0 saturated carbocycles. The van der Waals surface area contributed by atoms with E-state index < -0.39 is 5.97 Å². The van der Waals surface area contributed by atoms with Gasteiger partial charge in [0.25, 0.3) is 0 Å². The Kier molecular flexibility index (Phi) is 7.39. The summed E-state index contributed by atoms with van der Waals surface area (Å²) in [6.45, 7) is 0.963. The lowest BCUT2D eigenvalue weighted by Gasteiger charge is -2.10. The van der Waals surface area contributed by atoms with Crippen LogP contribution in [0.2, 0.25) is 5.02 Å². The molecule has 156 valence electrons. The zero-order valence-electron chi connectivity index (χ0n) is 15.9. The minimum Gasteiger partial charge on any atom is -0.478 e. The van der Waals surface area contributed by atoms with Crippen molar-refractivity contribution in [3.05, 3.63) is 53.3 Å². The molecular weight excluding hydrogens is 430 g/mol. The van der Waals surface area contributed by atoms with E-state index in [-0.39, 0.29) is 27.9 Å². The normalized spacial score (nSPS) is 10.7.